The number of rotatable bonds is 4. The van der Waals surface area contributed by atoms with Crippen molar-refractivity contribution in [3.8, 4) is 11.5 Å². The van der Waals surface area contributed by atoms with Crippen LogP contribution in [0.25, 0.3) is 11.6 Å². The fourth-order valence-corrected chi connectivity index (χ4v) is 1.66. The maximum atomic E-state index is 11.3. The molecule has 0 fully saturated rings. The number of hydrogen-bond acceptors (Lipinski definition) is 5. The van der Waals surface area contributed by atoms with E-state index in [1.54, 1.807) is 19.1 Å². The van der Waals surface area contributed by atoms with Gasteiger partial charge in [-0.1, -0.05) is 5.16 Å². The van der Waals surface area contributed by atoms with Crippen LogP contribution in [0.2, 0.25) is 0 Å². The van der Waals surface area contributed by atoms with Gasteiger partial charge in [0.15, 0.2) is 5.76 Å². The molecule has 0 amide bonds. The Morgan fingerprint density at radius 1 is 1.40 bits per heavy atom. The Kier molecular flexibility index (Phi) is 3.74. The molecule has 0 bridgehead atoms. The van der Waals surface area contributed by atoms with Gasteiger partial charge in [0.2, 0.25) is 0 Å². The molecule has 20 heavy (non-hydrogen) atoms. The van der Waals surface area contributed by atoms with Gasteiger partial charge in [0.1, 0.15) is 17.1 Å². The molecule has 0 saturated heterocycles. The van der Waals surface area contributed by atoms with Crippen LogP contribution < -0.4 is 4.74 Å². The molecule has 0 radical (unpaired) electrons. The predicted molar refractivity (Wildman–Crippen MR) is 71.4 cm³/mol. The Hall–Kier alpha value is -2.76. The molecule has 2 N–H and O–H groups in total. The summed E-state index contributed by atoms with van der Waals surface area (Å²) >= 11 is 0. The second kappa shape index (κ2) is 5.48. The number of benzene rings is 1. The molecular formula is C14H13NO5. The first-order valence-corrected chi connectivity index (χ1v) is 5.77. The summed E-state index contributed by atoms with van der Waals surface area (Å²) < 4.78 is 9.90. The first-order valence-electron chi connectivity index (χ1n) is 5.77. The number of nitrogens with zero attached hydrogens (tertiary/aromatic N) is 1. The third kappa shape index (κ3) is 2.80. The summed E-state index contributed by atoms with van der Waals surface area (Å²) in [5.74, 6) is -0.645. The van der Waals surface area contributed by atoms with E-state index in [4.69, 9.17) is 9.26 Å². The third-order valence-corrected chi connectivity index (χ3v) is 2.66. The van der Waals surface area contributed by atoms with Crippen LogP contribution in [-0.2, 0) is 4.79 Å². The van der Waals surface area contributed by atoms with Crippen molar-refractivity contribution >= 4 is 17.6 Å². The van der Waals surface area contributed by atoms with Crippen LogP contribution in [0.4, 0.5) is 0 Å². The van der Waals surface area contributed by atoms with Gasteiger partial charge in [-0.05, 0) is 25.1 Å². The van der Waals surface area contributed by atoms with Crippen LogP contribution in [0.5, 0.6) is 11.5 Å². The molecule has 0 atom stereocenters. The fraction of sp³-hybridized carbons (Fsp3) is 0.143. The molecule has 104 valence electrons. The highest BCUT2D eigenvalue weighted by atomic mass is 16.5. The van der Waals surface area contributed by atoms with E-state index in [1.807, 2.05) is 0 Å². The number of carbonyl (C=O) groups is 1. The summed E-state index contributed by atoms with van der Waals surface area (Å²) in [6.07, 6.45) is 1.32. The molecule has 1 aromatic carbocycles. The fourth-order valence-electron chi connectivity index (χ4n) is 1.66. The number of aryl methyl sites for hydroxylation is 1. The van der Waals surface area contributed by atoms with Gasteiger partial charge in [0.25, 0.3) is 0 Å². The van der Waals surface area contributed by atoms with Crippen molar-refractivity contribution in [3.63, 3.8) is 0 Å². The first-order chi connectivity index (χ1) is 9.51. The summed E-state index contributed by atoms with van der Waals surface area (Å²) in [5.41, 5.74) is 0.828. The van der Waals surface area contributed by atoms with E-state index >= 15 is 0 Å². The van der Waals surface area contributed by atoms with Crippen LogP contribution in [0, 0.1) is 6.92 Å². The minimum Gasteiger partial charge on any atom is -0.507 e. The van der Waals surface area contributed by atoms with Gasteiger partial charge in [0.05, 0.1) is 12.8 Å². The van der Waals surface area contributed by atoms with Gasteiger partial charge in [-0.3, -0.25) is 0 Å². The van der Waals surface area contributed by atoms with E-state index in [9.17, 15) is 15.0 Å². The largest absolute Gasteiger partial charge is 0.507 e. The second-order valence-corrected chi connectivity index (χ2v) is 4.12. The number of aromatic hydroxyl groups is 1. The zero-order chi connectivity index (χ0) is 14.7. The number of aromatic nitrogens is 1. The normalized spacial score (nSPS) is 11.4. The number of phenolic OH excluding ortho intramolecular Hbond substituents is 1. The molecular weight excluding hydrogens is 262 g/mol. The molecule has 0 spiro atoms. The quantitative estimate of drug-likeness (QED) is 0.832. The van der Waals surface area contributed by atoms with E-state index in [2.05, 4.69) is 5.16 Å². The highest BCUT2D eigenvalue weighted by Crippen LogP contribution is 2.28. The topological polar surface area (TPSA) is 92.8 Å². The SMILES string of the molecule is COc1ccc(/C=C(\C(=O)O)c2cc(C)no2)c(O)c1. The zero-order valence-electron chi connectivity index (χ0n) is 11.0. The van der Waals surface area contributed by atoms with E-state index in [0.29, 0.717) is 17.0 Å². The molecule has 2 aromatic rings. The van der Waals surface area contributed by atoms with Gasteiger partial charge in [0, 0.05) is 17.7 Å². The Morgan fingerprint density at radius 2 is 2.15 bits per heavy atom. The smallest absolute Gasteiger partial charge is 0.339 e. The summed E-state index contributed by atoms with van der Waals surface area (Å²) in [6, 6.07) is 6.09. The van der Waals surface area contributed by atoms with Gasteiger partial charge >= 0.3 is 5.97 Å². The number of hydrogen-bond donors (Lipinski definition) is 2. The van der Waals surface area contributed by atoms with Gasteiger partial charge < -0.3 is 19.5 Å². The minimum absolute atomic E-state index is 0.0839. The molecule has 0 unspecified atom stereocenters. The molecule has 0 aliphatic rings. The van der Waals surface area contributed by atoms with Crippen molar-refractivity contribution in [3.05, 3.63) is 41.3 Å². The average Bonchev–Trinajstić information content (AvgIpc) is 2.83. The van der Waals surface area contributed by atoms with Gasteiger partial charge in [-0.15, -0.1) is 0 Å². The number of aliphatic carboxylic acids is 1. The molecule has 0 aliphatic carbocycles. The van der Waals surface area contributed by atoms with E-state index < -0.39 is 5.97 Å². The number of carboxylic acid groups (broad SMARTS) is 1. The van der Waals surface area contributed by atoms with Crippen LogP contribution in [0.3, 0.4) is 0 Å². The van der Waals surface area contributed by atoms with E-state index in [-0.39, 0.29) is 17.1 Å². The molecule has 6 heteroatoms. The van der Waals surface area contributed by atoms with Crippen molar-refractivity contribution in [2.24, 2.45) is 0 Å². The molecule has 1 heterocycles. The number of phenols is 1. The van der Waals surface area contributed by atoms with Crippen molar-refractivity contribution in [1.82, 2.24) is 5.16 Å². The maximum absolute atomic E-state index is 11.3. The van der Waals surface area contributed by atoms with Crippen LogP contribution in [-0.4, -0.2) is 28.4 Å². The number of carboxylic acids is 1. The number of methoxy groups -OCH3 is 1. The minimum atomic E-state index is -1.17. The van der Waals surface area contributed by atoms with Crippen molar-refractivity contribution in [2.75, 3.05) is 7.11 Å². The lowest BCUT2D eigenvalue weighted by Crippen LogP contribution is -1.98. The Bertz CT molecular complexity index is 672. The van der Waals surface area contributed by atoms with E-state index in [1.165, 1.54) is 25.3 Å². The average molecular weight is 275 g/mol. The summed E-state index contributed by atoms with van der Waals surface area (Å²) in [5, 5.41) is 22.7. The van der Waals surface area contributed by atoms with Crippen LogP contribution in [0.15, 0.2) is 28.8 Å². The maximum Gasteiger partial charge on any atom is 0.339 e. The van der Waals surface area contributed by atoms with Crippen molar-refractivity contribution in [2.45, 2.75) is 6.92 Å². The summed E-state index contributed by atoms with van der Waals surface area (Å²) in [7, 11) is 1.48. The van der Waals surface area contributed by atoms with Crippen LogP contribution >= 0.6 is 0 Å². The lowest BCUT2D eigenvalue weighted by molar-refractivity contribution is -0.130. The van der Waals surface area contributed by atoms with E-state index in [0.717, 1.165) is 0 Å². The van der Waals surface area contributed by atoms with Gasteiger partial charge in [-0.2, -0.15) is 0 Å². The van der Waals surface area contributed by atoms with Crippen molar-refractivity contribution in [1.29, 1.82) is 0 Å². The monoisotopic (exact) mass is 275 g/mol. The Balaban J connectivity index is 2.47. The Morgan fingerprint density at radius 3 is 2.65 bits per heavy atom. The summed E-state index contributed by atoms with van der Waals surface area (Å²) in [6.45, 7) is 1.69. The molecule has 1 aromatic heterocycles. The molecule has 2 rings (SSSR count). The third-order valence-electron chi connectivity index (χ3n) is 2.66. The highest BCUT2D eigenvalue weighted by molar-refractivity contribution is 6.19. The first kappa shape index (κ1) is 13.7. The molecule has 6 nitrogen and oxygen atoms in total. The van der Waals surface area contributed by atoms with Crippen molar-refractivity contribution < 1.29 is 24.3 Å². The molecule has 0 aliphatic heterocycles. The van der Waals surface area contributed by atoms with Crippen LogP contribution in [0.1, 0.15) is 17.0 Å². The Labute approximate surface area is 114 Å². The molecule has 0 saturated carbocycles. The summed E-state index contributed by atoms with van der Waals surface area (Å²) in [4.78, 5) is 11.3. The standard InChI is InChI=1S/C14H13NO5/c1-8-5-13(20-15-8)11(14(17)18)6-9-3-4-10(19-2)7-12(9)16/h3-7,16H,1-2H3,(H,17,18)/b11-6-. The number of ether oxygens (including phenoxy) is 1. The lowest BCUT2D eigenvalue weighted by atomic mass is 10.1. The van der Waals surface area contributed by atoms with Gasteiger partial charge in [-0.25, -0.2) is 4.79 Å². The predicted octanol–water partition coefficient (Wildman–Crippen LogP) is 2.32. The zero-order valence-corrected chi connectivity index (χ0v) is 11.0. The lowest BCUT2D eigenvalue weighted by Gasteiger charge is -2.04. The highest BCUT2D eigenvalue weighted by Gasteiger charge is 2.16. The second-order valence-electron chi connectivity index (χ2n) is 4.12.